The van der Waals surface area contributed by atoms with Crippen LogP contribution in [0.1, 0.15) is 0 Å². The van der Waals surface area contributed by atoms with Gasteiger partial charge in [-0.05, 0) is 0 Å². The van der Waals surface area contributed by atoms with Crippen molar-refractivity contribution in [1.29, 1.82) is 0 Å². The van der Waals surface area contributed by atoms with Crippen molar-refractivity contribution in [3.8, 4) is 0 Å². The molecule has 1 aliphatic heterocycles. The van der Waals surface area contributed by atoms with Gasteiger partial charge in [-0.25, -0.2) is 0 Å². The van der Waals surface area contributed by atoms with Crippen LogP contribution in [0.4, 0.5) is 0 Å². The zero-order chi connectivity index (χ0) is 4.24. The van der Waals surface area contributed by atoms with Gasteiger partial charge in [0.2, 0.25) is 0 Å². The van der Waals surface area contributed by atoms with Crippen molar-refractivity contribution >= 4 is 24.7 Å². The molecule has 1 aliphatic rings. The molecule has 0 saturated carbocycles. The van der Waals surface area contributed by atoms with E-state index in [1.165, 1.54) is 0 Å². The molecular weight excluding hydrogens is 179 g/mol. The molecule has 0 aromatic heterocycles. The summed E-state index contributed by atoms with van der Waals surface area (Å²) >= 11 is -0.106. The van der Waals surface area contributed by atoms with Gasteiger partial charge in [0, 0.05) is 0 Å². The zero-order valence-electron chi connectivity index (χ0n) is 3.39. The van der Waals surface area contributed by atoms with E-state index in [9.17, 15) is 0 Å². The molecule has 0 N–H and O–H groups in total. The van der Waals surface area contributed by atoms with Crippen molar-refractivity contribution < 1.29 is 0 Å². The molecule has 30 valence electrons. The number of rotatable bonds is 0. The Hall–Kier alpha value is 0.149. The molecule has 0 spiro atoms. The fourth-order valence-corrected chi connectivity index (χ4v) is 1.93. The van der Waals surface area contributed by atoms with E-state index in [0.717, 1.165) is 0 Å². The second-order valence-corrected chi connectivity index (χ2v) is 3.93. The van der Waals surface area contributed by atoms with Crippen LogP contribution in [0.3, 0.4) is 0 Å². The van der Waals surface area contributed by atoms with Gasteiger partial charge in [0.15, 0.2) is 0 Å². The molecule has 1 heteroatoms. The number of allylic oxidation sites excluding steroid dienone is 3. The summed E-state index contributed by atoms with van der Waals surface area (Å²) < 4.78 is 4.59. The molecular formula is C5H5Sn-. The summed E-state index contributed by atoms with van der Waals surface area (Å²) in [4.78, 5) is 0. The van der Waals surface area contributed by atoms with E-state index in [1.807, 2.05) is 0 Å². The van der Waals surface area contributed by atoms with Crippen LogP contribution in [0.2, 0.25) is 0 Å². The number of hydrogen-bond donors (Lipinski definition) is 0. The predicted octanol–water partition coefficient (Wildman–Crippen LogP) is 0.576. The first-order valence-electron chi connectivity index (χ1n) is 1.91. The summed E-state index contributed by atoms with van der Waals surface area (Å²) in [5.41, 5.74) is 0. The third kappa shape index (κ3) is 1.09. The summed E-state index contributed by atoms with van der Waals surface area (Å²) in [6, 6.07) is 0. The predicted molar refractivity (Wildman–Crippen MR) is 30.1 cm³/mol. The Morgan fingerprint density at radius 3 is 2.17 bits per heavy atom. The van der Waals surface area contributed by atoms with Crippen LogP contribution in [-0.2, 0) is 0 Å². The van der Waals surface area contributed by atoms with Crippen LogP contribution < -0.4 is 0 Å². The average molecular weight is 184 g/mol. The molecule has 6 heavy (non-hydrogen) atoms. The van der Waals surface area contributed by atoms with Gasteiger partial charge in [-0.3, -0.25) is 0 Å². The fourth-order valence-electron chi connectivity index (χ4n) is 0.342. The number of hydrogen-bond acceptors (Lipinski definition) is 0. The Morgan fingerprint density at radius 1 is 1.00 bits per heavy atom. The normalized spacial score (nSPS) is 16.0. The van der Waals surface area contributed by atoms with Gasteiger partial charge in [0.25, 0.3) is 0 Å². The second-order valence-electron chi connectivity index (χ2n) is 1.08. The molecule has 0 unspecified atom stereocenters. The van der Waals surface area contributed by atoms with E-state index in [2.05, 4.69) is 26.3 Å². The summed E-state index contributed by atoms with van der Waals surface area (Å²) in [6.07, 6.45) is 6.34. The van der Waals surface area contributed by atoms with Crippen LogP contribution in [0, 0.1) is 0 Å². The molecule has 0 aliphatic carbocycles. The van der Waals surface area contributed by atoms with Crippen molar-refractivity contribution in [2.45, 2.75) is 0 Å². The maximum absolute atomic E-state index is 2.30. The molecule has 0 atom stereocenters. The summed E-state index contributed by atoms with van der Waals surface area (Å²) in [5.74, 6) is 0. The third-order valence-corrected chi connectivity index (χ3v) is 2.80. The van der Waals surface area contributed by atoms with E-state index in [1.54, 1.807) is 0 Å². The van der Waals surface area contributed by atoms with Gasteiger partial charge in [0.1, 0.15) is 0 Å². The summed E-state index contributed by atoms with van der Waals surface area (Å²) in [6.45, 7) is 0. The minimum absolute atomic E-state index is 0.106. The van der Waals surface area contributed by atoms with Gasteiger partial charge < -0.3 is 0 Å². The first-order valence-corrected chi connectivity index (χ1v) is 5.21. The quantitative estimate of drug-likeness (QED) is 0.482. The van der Waals surface area contributed by atoms with Gasteiger partial charge in [0.05, 0.1) is 0 Å². The monoisotopic (exact) mass is 185 g/mol. The molecule has 0 aromatic carbocycles. The van der Waals surface area contributed by atoms with Gasteiger partial charge in [-0.1, -0.05) is 0 Å². The zero-order valence-corrected chi connectivity index (χ0v) is 6.24. The van der Waals surface area contributed by atoms with Crippen molar-refractivity contribution in [2.24, 2.45) is 0 Å². The Morgan fingerprint density at radius 2 is 2.00 bits per heavy atom. The van der Waals surface area contributed by atoms with Crippen molar-refractivity contribution in [2.75, 3.05) is 0 Å². The molecule has 0 fully saturated rings. The van der Waals surface area contributed by atoms with Crippen LogP contribution in [0.5, 0.6) is 0 Å². The summed E-state index contributed by atoms with van der Waals surface area (Å²) in [5, 5.41) is 0. The summed E-state index contributed by atoms with van der Waals surface area (Å²) in [7, 11) is 0. The molecule has 0 bridgehead atoms. The topological polar surface area (TPSA) is 0 Å². The molecule has 0 nitrogen and oxygen atoms in total. The van der Waals surface area contributed by atoms with E-state index in [4.69, 9.17) is 0 Å². The SMILES string of the molecule is C1=C[CH]=[Sn-][CH]=C1. The van der Waals surface area contributed by atoms with Crippen molar-refractivity contribution in [3.63, 3.8) is 0 Å². The van der Waals surface area contributed by atoms with E-state index >= 15 is 0 Å². The third-order valence-electron chi connectivity index (χ3n) is 0.607. The Labute approximate surface area is 47.3 Å². The fraction of sp³-hybridized carbons (Fsp3) is 0. The minimum atomic E-state index is -0.106. The van der Waals surface area contributed by atoms with Gasteiger partial charge in [-0.15, -0.1) is 0 Å². The molecule has 1 heterocycles. The van der Waals surface area contributed by atoms with Crippen LogP contribution >= 0.6 is 0 Å². The molecule has 0 amide bonds. The standard InChI is InChI=1S/C5H5.Sn/c1-3-5-4-2;/h1-5H;/q;-1. The van der Waals surface area contributed by atoms with Crippen molar-refractivity contribution in [1.82, 2.24) is 0 Å². The molecule has 0 saturated heterocycles. The van der Waals surface area contributed by atoms with Crippen molar-refractivity contribution in [3.05, 3.63) is 22.3 Å². The molecule has 0 aromatic rings. The van der Waals surface area contributed by atoms with E-state index in [-0.39, 0.29) is 20.7 Å². The molecule has 1 rings (SSSR count). The van der Waals surface area contributed by atoms with Crippen LogP contribution in [-0.4, -0.2) is 24.7 Å². The average Bonchev–Trinajstić information content (AvgIpc) is 1.72. The van der Waals surface area contributed by atoms with Crippen LogP contribution in [0.15, 0.2) is 22.3 Å². The van der Waals surface area contributed by atoms with Gasteiger partial charge in [-0.2, -0.15) is 0 Å². The first kappa shape index (κ1) is 4.31. The Kier molecular flexibility index (Phi) is 1.68. The first-order chi connectivity index (χ1) is 3.00. The van der Waals surface area contributed by atoms with E-state index in [0.29, 0.717) is 0 Å². The van der Waals surface area contributed by atoms with Crippen LogP contribution in [0.25, 0.3) is 0 Å². The van der Waals surface area contributed by atoms with E-state index < -0.39 is 0 Å². The second kappa shape index (κ2) is 2.34. The molecule has 0 radical (unpaired) electrons. The Balaban J connectivity index is 2.77. The Bertz CT molecular complexity index is 73.3. The van der Waals surface area contributed by atoms with Gasteiger partial charge >= 0.3 is 47.0 Å². The maximum atomic E-state index is 2.30.